The van der Waals surface area contributed by atoms with Gasteiger partial charge in [0, 0.05) is 5.41 Å². The average molecular weight is 140 g/mol. The summed E-state index contributed by atoms with van der Waals surface area (Å²) in [5, 5.41) is 0. The Morgan fingerprint density at radius 2 is 2.20 bits per heavy atom. The van der Waals surface area contributed by atoms with Gasteiger partial charge in [-0.05, 0) is 12.8 Å². The van der Waals surface area contributed by atoms with Crippen LogP contribution in [-0.4, -0.2) is 12.1 Å². The van der Waals surface area contributed by atoms with E-state index in [1.165, 1.54) is 0 Å². The number of fused-ring (bicyclic) bond motifs is 2. The monoisotopic (exact) mass is 140 g/mol. The fourth-order valence-corrected chi connectivity index (χ4v) is 2.14. The minimum atomic E-state index is 0.0289. The van der Waals surface area contributed by atoms with E-state index in [0.717, 1.165) is 12.8 Å². The summed E-state index contributed by atoms with van der Waals surface area (Å²) < 4.78 is 5.14. The molecule has 0 aromatic rings. The lowest BCUT2D eigenvalue weighted by molar-refractivity contribution is -0.147. The third-order valence-electron chi connectivity index (χ3n) is 2.99. The minimum absolute atomic E-state index is 0.0289. The van der Waals surface area contributed by atoms with Crippen LogP contribution in [0.5, 0.6) is 0 Å². The van der Waals surface area contributed by atoms with E-state index in [9.17, 15) is 4.79 Å². The molecule has 2 aliphatic rings. The van der Waals surface area contributed by atoms with E-state index < -0.39 is 0 Å². The van der Waals surface area contributed by atoms with E-state index in [-0.39, 0.29) is 23.4 Å². The summed E-state index contributed by atoms with van der Waals surface area (Å²) in [4.78, 5) is 11.0. The van der Waals surface area contributed by atoms with Gasteiger partial charge in [0.05, 0.1) is 5.92 Å². The molecule has 0 amide bonds. The highest BCUT2D eigenvalue weighted by Gasteiger charge is 2.55. The van der Waals surface area contributed by atoms with Gasteiger partial charge in [-0.3, -0.25) is 4.79 Å². The maximum atomic E-state index is 11.0. The van der Waals surface area contributed by atoms with Crippen LogP contribution < -0.4 is 0 Å². The fraction of sp³-hybridized carbons (Fsp3) is 0.875. The summed E-state index contributed by atoms with van der Waals surface area (Å²) in [6, 6.07) is 0. The first-order valence-electron chi connectivity index (χ1n) is 3.83. The molecule has 0 aromatic heterocycles. The molecule has 1 aliphatic heterocycles. The molecule has 2 heteroatoms. The zero-order chi connectivity index (χ0) is 7.35. The van der Waals surface area contributed by atoms with Crippen molar-refractivity contribution >= 4 is 5.97 Å². The largest absolute Gasteiger partial charge is 0.462 e. The number of carbonyl (C=O) groups is 1. The van der Waals surface area contributed by atoms with Crippen molar-refractivity contribution in [2.24, 2.45) is 11.3 Å². The Balaban J connectivity index is 2.35. The van der Waals surface area contributed by atoms with Crippen LogP contribution in [0.25, 0.3) is 0 Å². The third-order valence-corrected chi connectivity index (χ3v) is 2.99. The summed E-state index contributed by atoms with van der Waals surface area (Å²) in [6.45, 7) is 4.25. The van der Waals surface area contributed by atoms with Crippen molar-refractivity contribution < 1.29 is 9.53 Å². The van der Waals surface area contributed by atoms with Crippen molar-refractivity contribution in [2.45, 2.75) is 32.8 Å². The van der Waals surface area contributed by atoms with Crippen molar-refractivity contribution in [2.75, 3.05) is 0 Å². The molecular formula is C8H12O2. The zero-order valence-electron chi connectivity index (χ0n) is 6.39. The fourth-order valence-electron chi connectivity index (χ4n) is 2.14. The Morgan fingerprint density at radius 3 is 2.40 bits per heavy atom. The Morgan fingerprint density at radius 1 is 1.50 bits per heavy atom. The van der Waals surface area contributed by atoms with E-state index in [1.54, 1.807) is 0 Å². The summed E-state index contributed by atoms with van der Waals surface area (Å²) in [5.74, 6) is 0.221. The minimum Gasteiger partial charge on any atom is -0.462 e. The first kappa shape index (κ1) is 6.20. The summed E-state index contributed by atoms with van der Waals surface area (Å²) >= 11 is 0. The van der Waals surface area contributed by atoms with E-state index in [2.05, 4.69) is 13.8 Å². The molecule has 1 aliphatic carbocycles. The van der Waals surface area contributed by atoms with Gasteiger partial charge in [-0.1, -0.05) is 13.8 Å². The van der Waals surface area contributed by atoms with Crippen molar-refractivity contribution in [3.8, 4) is 0 Å². The molecule has 2 fully saturated rings. The van der Waals surface area contributed by atoms with Crippen LogP contribution in [-0.2, 0) is 9.53 Å². The molecular weight excluding hydrogens is 128 g/mol. The predicted octanol–water partition coefficient (Wildman–Crippen LogP) is 1.35. The van der Waals surface area contributed by atoms with Crippen LogP contribution in [0.3, 0.4) is 0 Å². The highest BCUT2D eigenvalue weighted by molar-refractivity contribution is 5.77. The van der Waals surface area contributed by atoms with Crippen molar-refractivity contribution in [1.82, 2.24) is 0 Å². The molecule has 0 radical (unpaired) electrons. The van der Waals surface area contributed by atoms with Gasteiger partial charge in [0.25, 0.3) is 0 Å². The second-order valence-electron chi connectivity index (χ2n) is 3.88. The van der Waals surface area contributed by atoms with Crippen LogP contribution in [0.1, 0.15) is 26.7 Å². The Kier molecular flexibility index (Phi) is 0.960. The van der Waals surface area contributed by atoms with Crippen molar-refractivity contribution in [3.63, 3.8) is 0 Å². The van der Waals surface area contributed by atoms with Crippen molar-refractivity contribution in [1.29, 1.82) is 0 Å². The topological polar surface area (TPSA) is 26.3 Å². The second kappa shape index (κ2) is 1.55. The van der Waals surface area contributed by atoms with Gasteiger partial charge in [0.1, 0.15) is 6.10 Å². The van der Waals surface area contributed by atoms with Gasteiger partial charge in [-0.25, -0.2) is 0 Å². The molecule has 1 saturated heterocycles. The highest BCUT2D eigenvalue weighted by Crippen LogP contribution is 2.50. The Hall–Kier alpha value is -0.530. The molecule has 2 atom stereocenters. The second-order valence-corrected chi connectivity index (χ2v) is 3.88. The molecule has 2 rings (SSSR count). The molecule has 1 saturated carbocycles. The first-order valence-corrected chi connectivity index (χ1v) is 3.83. The average Bonchev–Trinajstić information content (AvgIpc) is 2.20. The Bertz CT molecular complexity index is 184. The van der Waals surface area contributed by atoms with Gasteiger partial charge in [0.2, 0.25) is 0 Å². The number of esters is 1. The lowest BCUT2D eigenvalue weighted by Crippen LogP contribution is -2.21. The van der Waals surface area contributed by atoms with Crippen LogP contribution in [0.4, 0.5) is 0 Å². The lowest BCUT2D eigenvalue weighted by Gasteiger charge is -2.18. The van der Waals surface area contributed by atoms with E-state index in [1.807, 2.05) is 0 Å². The summed E-state index contributed by atoms with van der Waals surface area (Å²) in [5.41, 5.74) is 0.122. The molecule has 1 heterocycles. The lowest BCUT2D eigenvalue weighted by atomic mass is 9.83. The van der Waals surface area contributed by atoms with Gasteiger partial charge in [-0.15, -0.1) is 0 Å². The maximum absolute atomic E-state index is 11.0. The number of carbonyl (C=O) groups excluding carboxylic acids is 1. The summed E-state index contributed by atoms with van der Waals surface area (Å²) in [7, 11) is 0. The van der Waals surface area contributed by atoms with Gasteiger partial charge in [-0.2, -0.15) is 0 Å². The van der Waals surface area contributed by atoms with Crippen molar-refractivity contribution in [3.05, 3.63) is 0 Å². The first-order chi connectivity index (χ1) is 4.62. The number of hydrogen-bond acceptors (Lipinski definition) is 2. The molecule has 2 nitrogen and oxygen atoms in total. The highest BCUT2D eigenvalue weighted by atomic mass is 16.6. The van der Waals surface area contributed by atoms with Gasteiger partial charge in [0.15, 0.2) is 0 Å². The maximum Gasteiger partial charge on any atom is 0.309 e. The third kappa shape index (κ3) is 0.522. The number of ether oxygens (including phenoxy) is 1. The zero-order valence-corrected chi connectivity index (χ0v) is 6.39. The number of hydrogen-bond donors (Lipinski definition) is 0. The molecule has 0 N–H and O–H groups in total. The summed E-state index contributed by atoms with van der Waals surface area (Å²) in [6.07, 6.45) is 2.32. The standard InChI is InChI=1S/C8H12O2/c1-8(2)5-3-4-6(8)10-7(5)9/h5-6H,3-4H2,1-2H3. The normalized spacial score (nSPS) is 42.0. The molecule has 0 aromatic carbocycles. The quantitative estimate of drug-likeness (QED) is 0.475. The van der Waals surface area contributed by atoms with Crippen LogP contribution in [0.2, 0.25) is 0 Å². The molecule has 2 unspecified atom stereocenters. The van der Waals surface area contributed by atoms with Crippen LogP contribution in [0.15, 0.2) is 0 Å². The molecule has 0 spiro atoms. The van der Waals surface area contributed by atoms with E-state index in [0.29, 0.717) is 0 Å². The van der Waals surface area contributed by atoms with Crippen LogP contribution >= 0.6 is 0 Å². The molecule has 2 bridgehead atoms. The number of rotatable bonds is 0. The van der Waals surface area contributed by atoms with Gasteiger partial charge < -0.3 is 4.74 Å². The van der Waals surface area contributed by atoms with E-state index >= 15 is 0 Å². The van der Waals surface area contributed by atoms with Gasteiger partial charge >= 0.3 is 5.97 Å². The van der Waals surface area contributed by atoms with E-state index in [4.69, 9.17) is 4.74 Å². The predicted molar refractivity (Wildman–Crippen MR) is 36.4 cm³/mol. The molecule has 10 heavy (non-hydrogen) atoms. The Labute approximate surface area is 60.6 Å². The van der Waals surface area contributed by atoms with Crippen LogP contribution in [0, 0.1) is 11.3 Å². The smallest absolute Gasteiger partial charge is 0.309 e. The molecule has 56 valence electrons. The SMILES string of the molecule is CC1(C)C2CCC1C(=O)O2.